The molecule has 1 aliphatic carbocycles. The number of nitrogens with one attached hydrogen (secondary N) is 1. The van der Waals surface area contributed by atoms with Gasteiger partial charge < -0.3 is 9.73 Å². The predicted molar refractivity (Wildman–Crippen MR) is 119 cm³/mol. The summed E-state index contributed by atoms with van der Waals surface area (Å²) in [5, 5.41) is 15.2. The second kappa shape index (κ2) is 9.93. The number of furan rings is 1. The number of amides is 2. The molecule has 174 valence electrons. The van der Waals surface area contributed by atoms with Crippen molar-refractivity contribution in [3.63, 3.8) is 0 Å². The molecule has 0 aliphatic heterocycles. The maximum atomic E-state index is 14.0. The zero-order chi connectivity index (χ0) is 23.4. The van der Waals surface area contributed by atoms with Gasteiger partial charge in [-0.2, -0.15) is 4.80 Å². The number of anilines is 1. The molecule has 10 heteroatoms. The maximum Gasteiger partial charge on any atom is 0.251 e. The molecule has 1 N–H and O–H groups in total. The van der Waals surface area contributed by atoms with Gasteiger partial charge in [-0.15, -0.1) is 10.2 Å². The minimum absolute atomic E-state index is 0.104. The standard InChI is InChI=1S/C23H27FN6O3/c1-3-19(23(32)25-17-8-4-5-9-17)30(18-10-6-7-16(24)13-18)21(31)14-29-27-22(26-28-29)20-12-11-15(2)33-20/h6-7,10-13,17,19H,3-5,8-9,14H2,1-2H3,(H,25,32)/t19-/m0/s1. The summed E-state index contributed by atoms with van der Waals surface area (Å²) < 4.78 is 19.5. The molecular weight excluding hydrogens is 427 g/mol. The Morgan fingerprint density at radius 2 is 2.06 bits per heavy atom. The maximum absolute atomic E-state index is 14.0. The third-order valence-corrected chi connectivity index (χ3v) is 5.75. The molecule has 2 amide bonds. The van der Waals surface area contributed by atoms with Crippen molar-refractivity contribution in [2.24, 2.45) is 0 Å². The van der Waals surface area contributed by atoms with Crippen LogP contribution in [0.1, 0.15) is 44.8 Å². The van der Waals surface area contributed by atoms with E-state index in [1.165, 1.54) is 23.1 Å². The molecule has 0 saturated heterocycles. The Morgan fingerprint density at radius 1 is 1.27 bits per heavy atom. The van der Waals surface area contributed by atoms with Crippen molar-refractivity contribution >= 4 is 17.5 Å². The number of aromatic nitrogens is 4. The predicted octanol–water partition coefficient (Wildman–Crippen LogP) is 3.25. The Morgan fingerprint density at radius 3 is 2.73 bits per heavy atom. The molecule has 3 aromatic rings. The van der Waals surface area contributed by atoms with Crippen molar-refractivity contribution in [2.75, 3.05) is 4.90 Å². The van der Waals surface area contributed by atoms with Crippen LogP contribution in [0, 0.1) is 12.7 Å². The van der Waals surface area contributed by atoms with E-state index in [-0.39, 0.29) is 24.3 Å². The average Bonchev–Trinajstić information content (AvgIpc) is 3.54. The van der Waals surface area contributed by atoms with Crippen LogP contribution in [0.3, 0.4) is 0 Å². The van der Waals surface area contributed by atoms with Gasteiger partial charge in [-0.1, -0.05) is 25.8 Å². The van der Waals surface area contributed by atoms with Crippen LogP contribution in [0.2, 0.25) is 0 Å². The van der Waals surface area contributed by atoms with Crippen molar-refractivity contribution in [1.29, 1.82) is 0 Å². The Kier molecular flexibility index (Phi) is 6.81. The molecule has 0 unspecified atom stereocenters. The first-order chi connectivity index (χ1) is 15.9. The lowest BCUT2D eigenvalue weighted by Crippen LogP contribution is -2.52. The summed E-state index contributed by atoms with van der Waals surface area (Å²) in [7, 11) is 0. The van der Waals surface area contributed by atoms with Gasteiger partial charge in [-0.25, -0.2) is 4.39 Å². The number of benzene rings is 1. The summed E-state index contributed by atoms with van der Waals surface area (Å²) in [5.41, 5.74) is 0.301. The average molecular weight is 455 g/mol. The molecule has 2 heterocycles. The number of carbonyl (C=O) groups is 2. The third kappa shape index (κ3) is 5.27. The quantitative estimate of drug-likeness (QED) is 0.560. The summed E-state index contributed by atoms with van der Waals surface area (Å²) in [6.07, 6.45) is 4.36. The minimum atomic E-state index is -0.796. The van der Waals surface area contributed by atoms with Crippen LogP contribution < -0.4 is 10.2 Å². The van der Waals surface area contributed by atoms with Crippen LogP contribution >= 0.6 is 0 Å². The van der Waals surface area contributed by atoms with Crippen molar-refractivity contribution in [3.05, 3.63) is 48.0 Å². The zero-order valence-electron chi connectivity index (χ0n) is 18.7. The van der Waals surface area contributed by atoms with Gasteiger partial charge in [0.15, 0.2) is 5.76 Å². The lowest BCUT2D eigenvalue weighted by Gasteiger charge is -2.31. The second-order valence-corrected chi connectivity index (χ2v) is 8.21. The summed E-state index contributed by atoms with van der Waals surface area (Å²) in [6.45, 7) is 3.36. The first-order valence-electron chi connectivity index (χ1n) is 11.2. The molecule has 0 radical (unpaired) electrons. The number of hydrogen-bond acceptors (Lipinski definition) is 6. The normalized spacial score (nSPS) is 14.9. The van der Waals surface area contributed by atoms with Crippen LogP contribution in [0.25, 0.3) is 11.6 Å². The molecular formula is C23H27FN6O3. The van der Waals surface area contributed by atoms with E-state index in [0.29, 0.717) is 23.6 Å². The molecule has 1 aliphatic rings. The van der Waals surface area contributed by atoms with E-state index < -0.39 is 17.8 Å². The van der Waals surface area contributed by atoms with E-state index in [4.69, 9.17) is 4.42 Å². The van der Waals surface area contributed by atoms with Crippen molar-refractivity contribution in [1.82, 2.24) is 25.5 Å². The summed E-state index contributed by atoms with van der Waals surface area (Å²) >= 11 is 0. The molecule has 33 heavy (non-hydrogen) atoms. The second-order valence-electron chi connectivity index (χ2n) is 8.21. The van der Waals surface area contributed by atoms with Crippen LogP contribution in [0.15, 0.2) is 40.8 Å². The van der Waals surface area contributed by atoms with Gasteiger partial charge in [-0.3, -0.25) is 14.5 Å². The number of carbonyl (C=O) groups excluding carboxylic acids is 2. The molecule has 2 aromatic heterocycles. The van der Waals surface area contributed by atoms with Gasteiger partial charge in [0, 0.05) is 11.7 Å². The Labute approximate surface area is 190 Å². The lowest BCUT2D eigenvalue weighted by atomic mass is 10.1. The van der Waals surface area contributed by atoms with Gasteiger partial charge >= 0.3 is 0 Å². The van der Waals surface area contributed by atoms with Crippen molar-refractivity contribution < 1.29 is 18.4 Å². The van der Waals surface area contributed by atoms with Crippen LogP contribution in [-0.2, 0) is 16.1 Å². The van der Waals surface area contributed by atoms with Gasteiger partial charge in [-0.05, 0) is 61.7 Å². The molecule has 0 spiro atoms. The van der Waals surface area contributed by atoms with Gasteiger partial charge in [0.1, 0.15) is 24.2 Å². The van der Waals surface area contributed by atoms with Crippen LogP contribution in [0.5, 0.6) is 0 Å². The highest BCUT2D eigenvalue weighted by Gasteiger charge is 2.32. The molecule has 1 atom stereocenters. The highest BCUT2D eigenvalue weighted by Crippen LogP contribution is 2.23. The van der Waals surface area contributed by atoms with E-state index >= 15 is 0 Å². The Balaban J connectivity index is 1.58. The highest BCUT2D eigenvalue weighted by atomic mass is 19.1. The smallest absolute Gasteiger partial charge is 0.251 e. The van der Waals surface area contributed by atoms with Crippen LogP contribution in [0.4, 0.5) is 10.1 Å². The van der Waals surface area contributed by atoms with E-state index in [1.54, 1.807) is 25.1 Å². The zero-order valence-corrected chi connectivity index (χ0v) is 18.7. The number of halogens is 1. The summed E-state index contributed by atoms with van der Waals surface area (Å²) in [6, 6.07) is 8.47. The number of aryl methyl sites for hydroxylation is 1. The van der Waals surface area contributed by atoms with Crippen molar-refractivity contribution in [2.45, 2.75) is 64.6 Å². The van der Waals surface area contributed by atoms with Gasteiger partial charge in [0.25, 0.3) is 5.91 Å². The fourth-order valence-electron chi connectivity index (χ4n) is 4.14. The number of tetrazole rings is 1. The molecule has 1 saturated carbocycles. The molecule has 4 rings (SSSR count). The monoisotopic (exact) mass is 454 g/mol. The van der Waals surface area contributed by atoms with Gasteiger partial charge in [0.05, 0.1) is 0 Å². The van der Waals surface area contributed by atoms with Gasteiger partial charge in [0.2, 0.25) is 11.7 Å². The van der Waals surface area contributed by atoms with E-state index in [1.807, 2.05) is 6.92 Å². The first kappa shape index (κ1) is 22.6. The minimum Gasteiger partial charge on any atom is -0.458 e. The number of rotatable bonds is 8. The SMILES string of the molecule is CC[C@@H](C(=O)NC1CCCC1)N(C(=O)Cn1nnc(-c2ccc(C)o2)n1)c1cccc(F)c1. The first-order valence-corrected chi connectivity index (χ1v) is 11.2. The molecule has 0 bridgehead atoms. The number of nitrogens with zero attached hydrogens (tertiary/aromatic N) is 5. The summed E-state index contributed by atoms with van der Waals surface area (Å²) in [4.78, 5) is 29.0. The van der Waals surface area contributed by atoms with E-state index in [0.717, 1.165) is 30.5 Å². The highest BCUT2D eigenvalue weighted by molar-refractivity contribution is 6.00. The van der Waals surface area contributed by atoms with Crippen molar-refractivity contribution in [3.8, 4) is 11.6 Å². The fourth-order valence-corrected chi connectivity index (χ4v) is 4.14. The van der Waals surface area contributed by atoms with Crippen LogP contribution in [-0.4, -0.2) is 44.1 Å². The largest absolute Gasteiger partial charge is 0.458 e. The van der Waals surface area contributed by atoms with E-state index in [2.05, 4.69) is 20.7 Å². The molecule has 1 aromatic carbocycles. The Hall–Kier alpha value is -3.56. The topological polar surface area (TPSA) is 106 Å². The van der Waals surface area contributed by atoms with E-state index in [9.17, 15) is 14.0 Å². The molecule has 9 nitrogen and oxygen atoms in total. The summed E-state index contributed by atoms with van der Waals surface area (Å²) in [5.74, 6) is 0.197. The Bertz CT molecular complexity index is 1120. The molecule has 1 fully saturated rings. The third-order valence-electron chi connectivity index (χ3n) is 5.75. The fraction of sp³-hybridized carbons (Fsp3) is 0.435. The lowest BCUT2D eigenvalue weighted by molar-refractivity contribution is -0.127. The number of hydrogen-bond donors (Lipinski definition) is 1.